The number of hydrogen-bond donors (Lipinski definition) is 2. The number of halogens is 3. The Kier molecular flexibility index (Phi) is 8.82. The number of nitrogens with zero attached hydrogens (tertiary/aromatic N) is 3. The maximum absolute atomic E-state index is 5.78. The molecule has 0 bridgehead atoms. The van der Waals surface area contributed by atoms with Gasteiger partial charge >= 0.3 is 0 Å². The Bertz CT molecular complexity index is 784. The van der Waals surface area contributed by atoms with Gasteiger partial charge in [-0.15, -0.1) is 17.5 Å². The third-order valence-corrected chi connectivity index (χ3v) is 4.23. The van der Waals surface area contributed by atoms with Crippen LogP contribution in [0.1, 0.15) is 25.0 Å². The molecule has 2 aromatic rings. The van der Waals surface area contributed by atoms with Gasteiger partial charge in [-0.3, -0.25) is 0 Å². The number of guanidine groups is 1. The second-order valence-corrected chi connectivity index (χ2v) is 6.82. The van der Waals surface area contributed by atoms with Crippen LogP contribution in [-0.2, 0) is 0 Å². The maximum atomic E-state index is 5.78. The molecule has 0 fully saturated rings. The summed E-state index contributed by atoms with van der Waals surface area (Å²) in [6.45, 7) is 3.76. The Labute approximate surface area is 170 Å². The molecule has 0 saturated carbocycles. The highest BCUT2D eigenvalue weighted by Crippen LogP contribution is 2.12. The number of nitrogens with one attached hydrogen (secondary N) is 1. The highest BCUT2D eigenvalue weighted by Gasteiger charge is 1.99. The van der Waals surface area contributed by atoms with Crippen molar-refractivity contribution in [2.75, 3.05) is 0 Å². The van der Waals surface area contributed by atoms with E-state index in [2.05, 4.69) is 52.6 Å². The van der Waals surface area contributed by atoms with Gasteiger partial charge in [0.2, 0.25) is 5.96 Å². The second kappa shape index (κ2) is 10.3. The summed E-state index contributed by atoms with van der Waals surface area (Å²) in [5.41, 5.74) is 12.0. The quantitative estimate of drug-likeness (QED) is 0.373. The minimum absolute atomic E-state index is 0. The fourth-order valence-electron chi connectivity index (χ4n) is 1.80. The van der Waals surface area contributed by atoms with Crippen LogP contribution in [0, 0.1) is 0 Å². The van der Waals surface area contributed by atoms with Gasteiger partial charge in [-0.2, -0.15) is 10.2 Å². The summed E-state index contributed by atoms with van der Waals surface area (Å²) in [6.07, 6.45) is 0. The van der Waals surface area contributed by atoms with Crippen LogP contribution in [0.15, 0.2) is 72.8 Å². The number of nitrogens with two attached hydrogens (primary N) is 1. The van der Waals surface area contributed by atoms with Crippen molar-refractivity contribution in [1.29, 1.82) is 0 Å². The van der Waals surface area contributed by atoms with Gasteiger partial charge in [-0.25, -0.2) is 5.43 Å². The molecule has 2 aromatic carbocycles. The van der Waals surface area contributed by atoms with Crippen LogP contribution in [0.2, 0.25) is 0 Å². The predicted molar refractivity (Wildman–Crippen MR) is 115 cm³/mol. The van der Waals surface area contributed by atoms with Gasteiger partial charge in [0, 0.05) is 8.95 Å². The first-order valence-corrected chi connectivity index (χ1v) is 8.74. The Morgan fingerprint density at radius 2 is 1.24 bits per heavy atom. The van der Waals surface area contributed by atoms with Gasteiger partial charge in [0.1, 0.15) is 0 Å². The third-order valence-electron chi connectivity index (χ3n) is 3.17. The van der Waals surface area contributed by atoms with Crippen molar-refractivity contribution in [2.24, 2.45) is 21.0 Å². The number of hydrazone groups is 1. The Hall–Kier alpha value is -1.70. The Balaban J connectivity index is 0.00000312. The zero-order chi connectivity index (χ0) is 17.5. The van der Waals surface area contributed by atoms with Crippen LogP contribution < -0.4 is 11.2 Å². The van der Waals surface area contributed by atoms with E-state index >= 15 is 0 Å². The summed E-state index contributed by atoms with van der Waals surface area (Å²) in [5, 5.41) is 12.3. The molecule has 0 radical (unpaired) electrons. The largest absolute Gasteiger partial charge is 0.367 e. The van der Waals surface area contributed by atoms with Crippen molar-refractivity contribution in [3.63, 3.8) is 0 Å². The normalized spacial score (nSPS) is 12.6. The molecule has 25 heavy (non-hydrogen) atoms. The van der Waals surface area contributed by atoms with E-state index in [0.717, 1.165) is 31.5 Å². The summed E-state index contributed by atoms with van der Waals surface area (Å²) in [6, 6.07) is 15.7. The summed E-state index contributed by atoms with van der Waals surface area (Å²) >= 11 is 6.80. The molecular weight excluding hydrogens is 469 g/mol. The smallest absolute Gasteiger partial charge is 0.234 e. The van der Waals surface area contributed by atoms with Gasteiger partial charge in [0.25, 0.3) is 0 Å². The zero-order valence-electron chi connectivity index (χ0n) is 13.7. The van der Waals surface area contributed by atoms with E-state index < -0.39 is 0 Å². The Morgan fingerprint density at radius 1 is 0.800 bits per heavy atom. The molecule has 2 rings (SSSR count). The van der Waals surface area contributed by atoms with Gasteiger partial charge in [-0.05, 0) is 49.2 Å². The molecular formula is C17H18Br2ClN5. The van der Waals surface area contributed by atoms with Crippen molar-refractivity contribution in [2.45, 2.75) is 13.8 Å². The number of benzene rings is 2. The average molecular weight is 488 g/mol. The summed E-state index contributed by atoms with van der Waals surface area (Å²) in [5.74, 6) is 0.128. The fraction of sp³-hybridized carbons (Fsp3) is 0.118. The zero-order valence-corrected chi connectivity index (χ0v) is 17.7. The third kappa shape index (κ3) is 6.97. The van der Waals surface area contributed by atoms with Crippen molar-refractivity contribution in [1.82, 2.24) is 5.43 Å². The SMILES string of the molecule is C/C(=N\N=C(N)N/N=C(\C)c1ccc(Br)cc1)c1ccc(Br)cc1.Cl. The van der Waals surface area contributed by atoms with E-state index in [-0.39, 0.29) is 18.4 Å². The van der Waals surface area contributed by atoms with E-state index in [0.29, 0.717) is 0 Å². The van der Waals surface area contributed by atoms with Crippen molar-refractivity contribution < 1.29 is 0 Å². The lowest BCUT2D eigenvalue weighted by Crippen LogP contribution is -2.27. The van der Waals surface area contributed by atoms with Crippen LogP contribution in [0.3, 0.4) is 0 Å². The summed E-state index contributed by atoms with van der Waals surface area (Å²) in [7, 11) is 0. The molecule has 5 nitrogen and oxygen atoms in total. The first-order valence-electron chi connectivity index (χ1n) is 7.15. The van der Waals surface area contributed by atoms with E-state index in [1.807, 2.05) is 62.4 Å². The van der Waals surface area contributed by atoms with Gasteiger partial charge in [0.15, 0.2) is 0 Å². The topological polar surface area (TPSA) is 75.1 Å². The molecule has 0 saturated heterocycles. The molecule has 0 spiro atoms. The predicted octanol–water partition coefficient (Wildman–Crippen LogP) is 4.69. The van der Waals surface area contributed by atoms with Crippen molar-refractivity contribution in [3.8, 4) is 0 Å². The lowest BCUT2D eigenvalue weighted by molar-refractivity contribution is 0.983. The molecule has 0 aliphatic rings. The summed E-state index contributed by atoms with van der Waals surface area (Å²) < 4.78 is 2.03. The molecule has 132 valence electrons. The molecule has 3 N–H and O–H groups in total. The lowest BCUT2D eigenvalue weighted by Gasteiger charge is -2.03. The van der Waals surface area contributed by atoms with Gasteiger partial charge in [0.05, 0.1) is 11.4 Å². The molecule has 0 aromatic heterocycles. The van der Waals surface area contributed by atoms with Crippen LogP contribution in [-0.4, -0.2) is 17.4 Å². The van der Waals surface area contributed by atoms with Gasteiger partial charge in [-0.1, -0.05) is 56.1 Å². The molecule has 8 heteroatoms. The monoisotopic (exact) mass is 485 g/mol. The lowest BCUT2D eigenvalue weighted by atomic mass is 10.1. The van der Waals surface area contributed by atoms with Crippen molar-refractivity contribution in [3.05, 3.63) is 68.6 Å². The molecule has 0 unspecified atom stereocenters. The van der Waals surface area contributed by atoms with Crippen LogP contribution in [0.4, 0.5) is 0 Å². The molecule has 0 atom stereocenters. The van der Waals surface area contributed by atoms with Crippen LogP contribution in [0.5, 0.6) is 0 Å². The first-order chi connectivity index (χ1) is 11.5. The van der Waals surface area contributed by atoms with E-state index in [4.69, 9.17) is 5.73 Å². The van der Waals surface area contributed by atoms with E-state index in [1.165, 1.54) is 0 Å². The average Bonchev–Trinajstić information content (AvgIpc) is 2.58. The Morgan fingerprint density at radius 3 is 1.72 bits per heavy atom. The standard InChI is InChI=1S/C17H17Br2N5.ClH/c1-11(13-3-7-15(18)8-4-13)21-23-17(20)24-22-12(2)14-5-9-16(19)10-6-14;/h3-10H,1-2H3,(H3,20,23,24);1H/b21-11+,22-12+;. The first kappa shape index (κ1) is 21.3. The van der Waals surface area contributed by atoms with Crippen LogP contribution >= 0.6 is 44.3 Å². The number of hydrogen-bond acceptors (Lipinski definition) is 3. The molecule has 0 aliphatic carbocycles. The molecule has 0 amide bonds. The minimum atomic E-state index is 0. The minimum Gasteiger partial charge on any atom is -0.367 e. The molecule has 0 aliphatic heterocycles. The van der Waals surface area contributed by atoms with Crippen molar-refractivity contribution >= 4 is 61.6 Å². The highest BCUT2D eigenvalue weighted by molar-refractivity contribution is 9.10. The number of rotatable bonds is 4. The summed E-state index contributed by atoms with van der Waals surface area (Å²) in [4.78, 5) is 0. The molecule has 0 heterocycles. The fourth-order valence-corrected chi connectivity index (χ4v) is 2.33. The van der Waals surface area contributed by atoms with Gasteiger partial charge < -0.3 is 5.73 Å². The van der Waals surface area contributed by atoms with E-state index in [1.54, 1.807) is 0 Å². The van der Waals surface area contributed by atoms with Crippen LogP contribution in [0.25, 0.3) is 0 Å². The second-order valence-electron chi connectivity index (χ2n) is 4.99. The maximum Gasteiger partial charge on any atom is 0.234 e. The van der Waals surface area contributed by atoms with E-state index in [9.17, 15) is 0 Å². The highest BCUT2D eigenvalue weighted by atomic mass is 79.9.